The molecule has 140 valence electrons. The van der Waals surface area contributed by atoms with E-state index in [4.69, 9.17) is 4.74 Å². The number of hydrogen-bond acceptors (Lipinski definition) is 5. The minimum atomic E-state index is -0.713. The molecule has 5 nitrogen and oxygen atoms in total. The van der Waals surface area contributed by atoms with Crippen LogP contribution in [0.3, 0.4) is 0 Å². The first-order chi connectivity index (χ1) is 12.9. The van der Waals surface area contributed by atoms with Gasteiger partial charge in [0.25, 0.3) is 0 Å². The zero-order valence-corrected chi connectivity index (χ0v) is 15.3. The summed E-state index contributed by atoms with van der Waals surface area (Å²) in [7, 11) is 0. The molecule has 0 fully saturated rings. The summed E-state index contributed by atoms with van der Waals surface area (Å²) in [6.45, 7) is 5.70. The van der Waals surface area contributed by atoms with Gasteiger partial charge in [-0.25, -0.2) is 13.8 Å². The van der Waals surface area contributed by atoms with E-state index in [1.165, 1.54) is 18.2 Å². The van der Waals surface area contributed by atoms with E-state index in [1.807, 2.05) is 38.1 Å². The van der Waals surface area contributed by atoms with Crippen molar-refractivity contribution < 1.29 is 13.5 Å². The largest absolute Gasteiger partial charge is 0.491 e. The minimum Gasteiger partial charge on any atom is -0.491 e. The quantitative estimate of drug-likeness (QED) is 0.613. The minimum absolute atomic E-state index is 0.0979. The summed E-state index contributed by atoms with van der Waals surface area (Å²) in [5.74, 6) is -0.0574. The molecule has 0 aliphatic heterocycles. The predicted octanol–water partition coefficient (Wildman–Crippen LogP) is 5.34. The number of benzene rings is 2. The first kappa shape index (κ1) is 18.6. The molecule has 2 N–H and O–H groups in total. The van der Waals surface area contributed by atoms with Gasteiger partial charge in [-0.15, -0.1) is 0 Å². The van der Waals surface area contributed by atoms with Gasteiger partial charge in [0.1, 0.15) is 28.9 Å². The fraction of sp³-hybridized carbons (Fsp3) is 0.200. The van der Waals surface area contributed by atoms with Crippen molar-refractivity contribution in [1.82, 2.24) is 9.97 Å². The Hall–Kier alpha value is -3.22. The highest BCUT2D eigenvalue weighted by Gasteiger charge is 2.11. The molecule has 0 amide bonds. The molecule has 0 aliphatic rings. The number of halogens is 2. The summed E-state index contributed by atoms with van der Waals surface area (Å²) in [4.78, 5) is 8.46. The zero-order chi connectivity index (χ0) is 19.4. The second-order valence-corrected chi connectivity index (χ2v) is 6.26. The topological polar surface area (TPSA) is 59.1 Å². The molecule has 0 spiro atoms. The van der Waals surface area contributed by atoms with Gasteiger partial charge in [-0.2, -0.15) is 4.98 Å². The van der Waals surface area contributed by atoms with Gasteiger partial charge in [0, 0.05) is 17.4 Å². The Bertz CT molecular complexity index is 910. The molecule has 1 aromatic heterocycles. The molecule has 3 aromatic rings. The van der Waals surface area contributed by atoms with Crippen molar-refractivity contribution in [1.29, 1.82) is 0 Å². The van der Waals surface area contributed by atoms with Gasteiger partial charge in [-0.05, 0) is 57.2 Å². The van der Waals surface area contributed by atoms with E-state index in [2.05, 4.69) is 20.6 Å². The van der Waals surface area contributed by atoms with E-state index in [1.54, 1.807) is 13.0 Å². The number of nitrogens with zero attached hydrogens (tertiary/aromatic N) is 2. The van der Waals surface area contributed by atoms with Crippen molar-refractivity contribution in [3.63, 3.8) is 0 Å². The Labute approximate surface area is 156 Å². The molecule has 0 saturated carbocycles. The molecule has 0 atom stereocenters. The Morgan fingerprint density at radius 2 is 1.59 bits per heavy atom. The summed E-state index contributed by atoms with van der Waals surface area (Å²) in [6.07, 6.45) is 0.0979. The summed E-state index contributed by atoms with van der Waals surface area (Å²) in [5.41, 5.74) is 1.16. The van der Waals surface area contributed by atoms with Crippen molar-refractivity contribution in [2.75, 3.05) is 10.6 Å². The Morgan fingerprint density at radius 1 is 0.926 bits per heavy atom. The van der Waals surface area contributed by atoms with Gasteiger partial charge in [0.15, 0.2) is 0 Å². The average Bonchev–Trinajstić information content (AvgIpc) is 2.59. The molecule has 27 heavy (non-hydrogen) atoms. The van der Waals surface area contributed by atoms with Crippen LogP contribution in [0.15, 0.2) is 48.5 Å². The third-order valence-corrected chi connectivity index (χ3v) is 3.55. The first-order valence-corrected chi connectivity index (χ1v) is 8.51. The van der Waals surface area contributed by atoms with Crippen LogP contribution in [0, 0.1) is 18.6 Å². The molecule has 0 saturated heterocycles. The van der Waals surface area contributed by atoms with Gasteiger partial charge < -0.3 is 15.4 Å². The summed E-state index contributed by atoms with van der Waals surface area (Å²) < 4.78 is 33.3. The van der Waals surface area contributed by atoms with Crippen LogP contribution in [0.2, 0.25) is 0 Å². The standard InChI is InChI=1S/C20H20F2N4O/c1-12(2)27-15-9-7-14(8-10-15)24-18-11-13(3)23-20(25-18)26-19-16(21)5-4-6-17(19)22/h4-12H,1-3H3,(H2,23,24,25,26). The maximum Gasteiger partial charge on any atom is 0.229 e. The number of hydrogen-bond donors (Lipinski definition) is 2. The van der Waals surface area contributed by atoms with E-state index in [0.29, 0.717) is 11.5 Å². The summed E-state index contributed by atoms with van der Waals surface area (Å²) in [6, 6.07) is 12.8. The maximum absolute atomic E-state index is 13.8. The van der Waals surface area contributed by atoms with E-state index in [0.717, 1.165) is 11.4 Å². The van der Waals surface area contributed by atoms with Crippen LogP contribution in [0.25, 0.3) is 0 Å². The number of aromatic nitrogens is 2. The molecule has 1 heterocycles. The van der Waals surface area contributed by atoms with E-state index < -0.39 is 11.6 Å². The van der Waals surface area contributed by atoms with Crippen LogP contribution in [0.4, 0.5) is 31.9 Å². The lowest BCUT2D eigenvalue weighted by molar-refractivity contribution is 0.242. The lowest BCUT2D eigenvalue weighted by atomic mass is 10.3. The zero-order valence-electron chi connectivity index (χ0n) is 15.3. The van der Waals surface area contributed by atoms with Gasteiger partial charge >= 0.3 is 0 Å². The maximum atomic E-state index is 13.8. The normalized spacial score (nSPS) is 10.7. The molecule has 0 unspecified atom stereocenters. The first-order valence-electron chi connectivity index (χ1n) is 8.51. The molecule has 0 bridgehead atoms. The van der Waals surface area contributed by atoms with Crippen LogP contribution < -0.4 is 15.4 Å². The highest BCUT2D eigenvalue weighted by molar-refractivity contribution is 5.61. The summed E-state index contributed by atoms with van der Waals surface area (Å²) >= 11 is 0. The Balaban J connectivity index is 1.79. The van der Waals surface area contributed by atoms with Gasteiger partial charge in [-0.1, -0.05) is 6.07 Å². The van der Waals surface area contributed by atoms with Gasteiger partial charge in [0.2, 0.25) is 5.95 Å². The molecule has 3 rings (SSSR count). The third-order valence-electron chi connectivity index (χ3n) is 3.55. The fourth-order valence-electron chi connectivity index (χ4n) is 2.45. The SMILES string of the molecule is Cc1cc(Nc2ccc(OC(C)C)cc2)nc(Nc2c(F)cccc2F)n1. The van der Waals surface area contributed by atoms with E-state index in [9.17, 15) is 8.78 Å². The smallest absolute Gasteiger partial charge is 0.229 e. The highest BCUT2D eigenvalue weighted by atomic mass is 19.1. The average molecular weight is 370 g/mol. The number of anilines is 4. The number of aryl methyl sites for hydroxylation is 1. The molecule has 2 aromatic carbocycles. The van der Waals surface area contributed by atoms with Crippen molar-refractivity contribution in [2.45, 2.75) is 26.9 Å². The fourth-order valence-corrected chi connectivity index (χ4v) is 2.45. The lowest BCUT2D eigenvalue weighted by Crippen LogP contribution is -2.06. The molecule has 0 radical (unpaired) electrons. The Morgan fingerprint density at radius 3 is 2.22 bits per heavy atom. The number of rotatable bonds is 6. The van der Waals surface area contributed by atoms with Crippen LogP contribution in [-0.2, 0) is 0 Å². The van der Waals surface area contributed by atoms with Crippen molar-refractivity contribution in [3.8, 4) is 5.75 Å². The van der Waals surface area contributed by atoms with Crippen LogP contribution in [0.5, 0.6) is 5.75 Å². The van der Waals surface area contributed by atoms with Crippen LogP contribution in [-0.4, -0.2) is 16.1 Å². The predicted molar refractivity (Wildman–Crippen MR) is 102 cm³/mol. The van der Waals surface area contributed by atoms with Crippen LogP contribution in [0.1, 0.15) is 19.5 Å². The third kappa shape index (κ3) is 4.91. The molecule has 0 aliphatic carbocycles. The molecule has 7 heteroatoms. The number of para-hydroxylation sites is 1. The summed E-state index contributed by atoms with van der Waals surface area (Å²) in [5, 5.41) is 5.75. The highest BCUT2D eigenvalue weighted by Crippen LogP contribution is 2.24. The number of ether oxygens (including phenoxy) is 1. The van der Waals surface area contributed by atoms with Gasteiger partial charge in [-0.3, -0.25) is 0 Å². The molecular weight excluding hydrogens is 350 g/mol. The Kier molecular flexibility index (Phi) is 5.49. The second kappa shape index (κ2) is 7.99. The van der Waals surface area contributed by atoms with E-state index in [-0.39, 0.29) is 17.7 Å². The lowest BCUT2D eigenvalue weighted by Gasteiger charge is -2.12. The van der Waals surface area contributed by atoms with Crippen molar-refractivity contribution in [2.24, 2.45) is 0 Å². The van der Waals surface area contributed by atoms with Crippen molar-refractivity contribution in [3.05, 3.63) is 65.9 Å². The van der Waals surface area contributed by atoms with Crippen molar-refractivity contribution >= 4 is 23.1 Å². The van der Waals surface area contributed by atoms with Crippen LogP contribution >= 0.6 is 0 Å². The second-order valence-electron chi connectivity index (χ2n) is 6.26. The molecular formula is C20H20F2N4O. The number of nitrogens with one attached hydrogen (secondary N) is 2. The monoisotopic (exact) mass is 370 g/mol. The van der Waals surface area contributed by atoms with Gasteiger partial charge in [0.05, 0.1) is 6.10 Å². The van der Waals surface area contributed by atoms with E-state index >= 15 is 0 Å².